The van der Waals surface area contributed by atoms with Crippen molar-refractivity contribution in [1.82, 2.24) is 4.90 Å². The molecule has 3 rings (SSSR count). The molecule has 1 atom stereocenters. The number of amides is 2. The van der Waals surface area contributed by atoms with Crippen molar-refractivity contribution >= 4 is 29.3 Å². The molecule has 5 nitrogen and oxygen atoms in total. The van der Waals surface area contributed by atoms with E-state index in [0.717, 1.165) is 17.7 Å². The molecule has 1 unspecified atom stereocenters. The summed E-state index contributed by atoms with van der Waals surface area (Å²) in [5.74, 6) is 1.47. The van der Waals surface area contributed by atoms with Crippen LogP contribution in [0.1, 0.15) is 34.8 Å². The minimum absolute atomic E-state index is 0.146. The van der Waals surface area contributed by atoms with E-state index in [-0.39, 0.29) is 11.8 Å². The molecule has 2 aromatic rings. The predicted octanol–water partition coefficient (Wildman–Crippen LogP) is 4.25. The highest BCUT2D eigenvalue weighted by Gasteiger charge is 2.35. The minimum atomic E-state index is -0.487. The lowest BCUT2D eigenvalue weighted by Crippen LogP contribution is -2.44. The van der Waals surface area contributed by atoms with Crippen molar-refractivity contribution in [2.24, 2.45) is 0 Å². The van der Waals surface area contributed by atoms with Gasteiger partial charge in [-0.25, -0.2) is 0 Å². The highest BCUT2D eigenvalue weighted by Crippen LogP contribution is 2.26. The summed E-state index contributed by atoms with van der Waals surface area (Å²) >= 11 is 1.59. The van der Waals surface area contributed by atoms with E-state index < -0.39 is 6.04 Å². The Balaban J connectivity index is 1.72. The molecular formula is C22H26N2O3S. The average molecular weight is 399 g/mol. The largest absolute Gasteiger partial charge is 0.494 e. The highest BCUT2D eigenvalue weighted by molar-refractivity contribution is 7.99. The number of carbonyl (C=O) groups is 2. The second-order valence-corrected chi connectivity index (χ2v) is 7.95. The SMILES string of the molecule is CCCOc1cccc(C(=O)N2CSCC2C(=O)Nc2ccc(C)c(C)c2)c1. The van der Waals surface area contributed by atoms with E-state index in [1.165, 1.54) is 5.56 Å². The quantitative estimate of drug-likeness (QED) is 0.790. The summed E-state index contributed by atoms with van der Waals surface area (Å²) in [6.07, 6.45) is 0.904. The van der Waals surface area contributed by atoms with Gasteiger partial charge < -0.3 is 15.0 Å². The second-order valence-electron chi connectivity index (χ2n) is 6.96. The van der Waals surface area contributed by atoms with Crippen LogP contribution in [-0.2, 0) is 4.79 Å². The zero-order valence-corrected chi connectivity index (χ0v) is 17.3. The molecule has 1 N–H and O–H groups in total. The van der Waals surface area contributed by atoms with Gasteiger partial charge in [0, 0.05) is 17.0 Å². The average Bonchev–Trinajstić information content (AvgIpc) is 3.19. The molecule has 0 aromatic heterocycles. The molecule has 1 saturated heterocycles. The Hall–Kier alpha value is -2.47. The maximum absolute atomic E-state index is 13.0. The normalized spacial score (nSPS) is 16.1. The van der Waals surface area contributed by atoms with Crippen LogP contribution in [0.3, 0.4) is 0 Å². The van der Waals surface area contributed by atoms with E-state index in [1.807, 2.05) is 51.1 Å². The van der Waals surface area contributed by atoms with Gasteiger partial charge in [0.15, 0.2) is 0 Å². The third-order valence-electron chi connectivity index (χ3n) is 4.77. The Morgan fingerprint density at radius 3 is 2.75 bits per heavy atom. The number of carbonyl (C=O) groups excluding carboxylic acids is 2. The van der Waals surface area contributed by atoms with Crippen LogP contribution in [0.2, 0.25) is 0 Å². The topological polar surface area (TPSA) is 58.6 Å². The molecule has 0 saturated carbocycles. The molecule has 2 aromatic carbocycles. The van der Waals surface area contributed by atoms with Gasteiger partial charge in [-0.05, 0) is 61.7 Å². The number of hydrogen-bond acceptors (Lipinski definition) is 4. The molecule has 28 heavy (non-hydrogen) atoms. The highest BCUT2D eigenvalue weighted by atomic mass is 32.2. The molecule has 1 aliphatic rings. The fourth-order valence-electron chi connectivity index (χ4n) is 3.01. The van der Waals surface area contributed by atoms with Crippen molar-refractivity contribution in [3.8, 4) is 5.75 Å². The monoisotopic (exact) mass is 398 g/mol. The molecule has 148 valence electrons. The first-order chi connectivity index (χ1) is 13.5. The van der Waals surface area contributed by atoms with Gasteiger partial charge in [-0.2, -0.15) is 0 Å². The fourth-order valence-corrected chi connectivity index (χ4v) is 4.16. The van der Waals surface area contributed by atoms with Crippen LogP contribution in [0, 0.1) is 13.8 Å². The third kappa shape index (κ3) is 4.68. The second kappa shape index (κ2) is 9.15. The smallest absolute Gasteiger partial charge is 0.255 e. The summed E-state index contributed by atoms with van der Waals surface area (Å²) in [5.41, 5.74) is 3.60. The molecule has 2 amide bonds. The zero-order chi connectivity index (χ0) is 20.1. The van der Waals surface area contributed by atoms with Gasteiger partial charge in [-0.1, -0.05) is 19.1 Å². The summed E-state index contributed by atoms with van der Waals surface area (Å²) in [6.45, 7) is 6.69. The van der Waals surface area contributed by atoms with E-state index in [1.54, 1.807) is 28.8 Å². The van der Waals surface area contributed by atoms with Crippen LogP contribution in [-0.4, -0.2) is 41.0 Å². The lowest BCUT2D eigenvalue weighted by molar-refractivity contribution is -0.119. The van der Waals surface area contributed by atoms with Crippen LogP contribution < -0.4 is 10.1 Å². The predicted molar refractivity (Wildman–Crippen MR) is 114 cm³/mol. The van der Waals surface area contributed by atoms with E-state index in [0.29, 0.717) is 29.5 Å². The molecule has 0 aliphatic carbocycles. The van der Waals surface area contributed by atoms with Crippen molar-refractivity contribution < 1.29 is 14.3 Å². The lowest BCUT2D eigenvalue weighted by Gasteiger charge is -2.23. The molecule has 1 heterocycles. The Kier molecular flexibility index (Phi) is 6.62. The Labute approximate surface area is 170 Å². The van der Waals surface area contributed by atoms with Crippen molar-refractivity contribution in [2.45, 2.75) is 33.2 Å². The first-order valence-corrected chi connectivity index (χ1v) is 10.6. The number of hydrogen-bond donors (Lipinski definition) is 1. The number of benzene rings is 2. The zero-order valence-electron chi connectivity index (χ0n) is 16.5. The van der Waals surface area contributed by atoms with Gasteiger partial charge in [0.2, 0.25) is 5.91 Å². The van der Waals surface area contributed by atoms with Crippen LogP contribution in [0.25, 0.3) is 0 Å². The minimum Gasteiger partial charge on any atom is -0.494 e. The Morgan fingerprint density at radius 2 is 2.00 bits per heavy atom. The Bertz CT molecular complexity index is 869. The summed E-state index contributed by atoms with van der Waals surface area (Å²) in [4.78, 5) is 27.5. The standard InChI is InChI=1S/C22H26N2O3S/c1-4-10-27-19-7-5-6-17(12-19)22(26)24-14-28-13-20(24)21(25)23-18-9-8-15(2)16(3)11-18/h5-9,11-12,20H,4,10,13-14H2,1-3H3,(H,23,25). The number of anilines is 1. The number of aryl methyl sites for hydroxylation is 2. The number of nitrogens with one attached hydrogen (secondary N) is 1. The van der Waals surface area contributed by atoms with Crippen LogP contribution in [0.4, 0.5) is 5.69 Å². The summed E-state index contributed by atoms with van der Waals surface area (Å²) < 4.78 is 5.63. The van der Waals surface area contributed by atoms with Gasteiger partial charge in [0.05, 0.1) is 12.5 Å². The van der Waals surface area contributed by atoms with Crippen molar-refractivity contribution in [3.05, 3.63) is 59.2 Å². The van der Waals surface area contributed by atoms with Crippen LogP contribution in [0.15, 0.2) is 42.5 Å². The maximum atomic E-state index is 13.0. The Morgan fingerprint density at radius 1 is 1.18 bits per heavy atom. The van der Waals surface area contributed by atoms with E-state index in [9.17, 15) is 9.59 Å². The molecule has 0 bridgehead atoms. The van der Waals surface area contributed by atoms with Gasteiger partial charge in [-0.15, -0.1) is 11.8 Å². The van der Waals surface area contributed by atoms with Crippen molar-refractivity contribution in [3.63, 3.8) is 0 Å². The molecule has 1 aliphatic heterocycles. The fraction of sp³-hybridized carbons (Fsp3) is 0.364. The van der Waals surface area contributed by atoms with Crippen LogP contribution >= 0.6 is 11.8 Å². The number of thioether (sulfide) groups is 1. The summed E-state index contributed by atoms with van der Waals surface area (Å²) in [7, 11) is 0. The van der Waals surface area contributed by atoms with Crippen molar-refractivity contribution in [2.75, 3.05) is 23.6 Å². The first-order valence-electron chi connectivity index (χ1n) is 9.49. The number of rotatable bonds is 6. The molecule has 0 radical (unpaired) electrons. The van der Waals surface area contributed by atoms with E-state index in [2.05, 4.69) is 5.32 Å². The first kappa shape index (κ1) is 20.3. The van der Waals surface area contributed by atoms with Crippen molar-refractivity contribution in [1.29, 1.82) is 0 Å². The summed E-state index contributed by atoms with van der Waals surface area (Å²) in [6, 6.07) is 12.5. The van der Waals surface area contributed by atoms with Gasteiger partial charge >= 0.3 is 0 Å². The molecule has 1 fully saturated rings. The van der Waals surface area contributed by atoms with E-state index >= 15 is 0 Å². The molecule has 0 spiro atoms. The molecular weight excluding hydrogens is 372 g/mol. The number of nitrogens with zero attached hydrogens (tertiary/aromatic N) is 1. The molecule has 6 heteroatoms. The summed E-state index contributed by atoms with van der Waals surface area (Å²) in [5, 5.41) is 2.96. The van der Waals surface area contributed by atoms with Crippen LogP contribution in [0.5, 0.6) is 5.75 Å². The third-order valence-corrected chi connectivity index (χ3v) is 5.79. The number of ether oxygens (including phenoxy) is 1. The van der Waals surface area contributed by atoms with E-state index in [4.69, 9.17) is 4.74 Å². The van der Waals surface area contributed by atoms with Gasteiger partial charge in [0.25, 0.3) is 5.91 Å². The van der Waals surface area contributed by atoms with Gasteiger partial charge in [0.1, 0.15) is 11.8 Å². The lowest BCUT2D eigenvalue weighted by atomic mass is 10.1. The maximum Gasteiger partial charge on any atom is 0.255 e. The van der Waals surface area contributed by atoms with Gasteiger partial charge in [-0.3, -0.25) is 9.59 Å².